The van der Waals surface area contributed by atoms with Crippen LogP contribution in [0.25, 0.3) is 0 Å². The van der Waals surface area contributed by atoms with E-state index in [9.17, 15) is 4.79 Å². The summed E-state index contributed by atoms with van der Waals surface area (Å²) in [6.07, 6.45) is 5.24. The van der Waals surface area contributed by atoms with Crippen LogP contribution in [-0.2, 0) is 6.54 Å². The number of carboxylic acid groups (broad SMARTS) is 1. The van der Waals surface area contributed by atoms with E-state index in [2.05, 4.69) is 4.98 Å². The van der Waals surface area contributed by atoms with Crippen molar-refractivity contribution in [2.75, 3.05) is 0 Å². The van der Waals surface area contributed by atoms with E-state index >= 15 is 0 Å². The lowest BCUT2D eigenvalue weighted by Crippen LogP contribution is -2.08. The van der Waals surface area contributed by atoms with E-state index < -0.39 is 5.97 Å². The van der Waals surface area contributed by atoms with Crippen molar-refractivity contribution in [2.45, 2.75) is 13.5 Å². The molecule has 0 fully saturated rings. The van der Waals surface area contributed by atoms with Gasteiger partial charge in [-0.15, -0.1) is 0 Å². The predicted octanol–water partition coefficient (Wildman–Crippen LogP) is 1.94. The number of hydrogen-bond donors (Lipinski definition) is 1. The molecule has 0 unspecified atom stereocenters. The topological polar surface area (TPSA) is 55.1 Å². The Labute approximate surface area is 93.2 Å². The molecule has 2 heterocycles. The van der Waals surface area contributed by atoms with Crippen LogP contribution in [0.2, 0.25) is 0 Å². The van der Waals surface area contributed by atoms with Crippen molar-refractivity contribution < 1.29 is 9.90 Å². The maximum absolute atomic E-state index is 11.0. The molecule has 0 saturated carbocycles. The summed E-state index contributed by atoms with van der Waals surface area (Å²) in [7, 11) is 0. The predicted molar refractivity (Wildman–Crippen MR) is 59.5 cm³/mol. The van der Waals surface area contributed by atoms with Crippen LogP contribution in [-0.4, -0.2) is 20.6 Å². The molecule has 4 nitrogen and oxygen atoms in total. The number of rotatable bonds is 3. The number of carboxylic acids is 1. The molecule has 0 radical (unpaired) electrons. The largest absolute Gasteiger partial charge is 0.477 e. The summed E-state index contributed by atoms with van der Waals surface area (Å²) in [5, 5.41) is 9.02. The molecule has 0 aliphatic rings. The highest BCUT2D eigenvalue weighted by atomic mass is 16.4. The molecule has 0 aromatic carbocycles. The zero-order valence-corrected chi connectivity index (χ0v) is 8.92. The molecule has 0 spiro atoms. The molecule has 0 amide bonds. The second-order valence-electron chi connectivity index (χ2n) is 3.69. The Morgan fingerprint density at radius 3 is 2.75 bits per heavy atom. The molecule has 2 aromatic heterocycles. The first-order valence-electron chi connectivity index (χ1n) is 4.96. The fourth-order valence-corrected chi connectivity index (χ4v) is 1.65. The maximum atomic E-state index is 11.0. The summed E-state index contributed by atoms with van der Waals surface area (Å²) in [6, 6.07) is 5.42. The minimum Gasteiger partial charge on any atom is -0.477 e. The molecular weight excluding hydrogens is 204 g/mol. The first-order valence-corrected chi connectivity index (χ1v) is 4.96. The minimum atomic E-state index is -0.901. The second kappa shape index (κ2) is 4.18. The van der Waals surface area contributed by atoms with Gasteiger partial charge in [0.05, 0.1) is 0 Å². The normalized spacial score (nSPS) is 10.3. The van der Waals surface area contributed by atoms with Gasteiger partial charge in [0.15, 0.2) is 0 Å². The standard InChI is InChI=1S/C12H12N2O2/c1-9-6-11(12(15)16)14(7-9)8-10-2-4-13-5-3-10/h2-7H,8H2,1H3,(H,15,16). The Bertz CT molecular complexity index is 503. The van der Waals surface area contributed by atoms with Crippen molar-refractivity contribution in [3.63, 3.8) is 0 Å². The first kappa shape index (κ1) is 10.4. The minimum absolute atomic E-state index is 0.314. The highest BCUT2D eigenvalue weighted by molar-refractivity contribution is 5.86. The van der Waals surface area contributed by atoms with Crippen LogP contribution in [0, 0.1) is 6.92 Å². The Hall–Kier alpha value is -2.10. The van der Waals surface area contributed by atoms with Crippen molar-refractivity contribution in [1.82, 2.24) is 9.55 Å². The van der Waals surface area contributed by atoms with E-state index in [0.29, 0.717) is 12.2 Å². The van der Waals surface area contributed by atoms with Gasteiger partial charge in [0.1, 0.15) is 5.69 Å². The molecule has 2 aromatic rings. The second-order valence-corrected chi connectivity index (χ2v) is 3.69. The summed E-state index contributed by atoms with van der Waals surface area (Å²) in [4.78, 5) is 14.9. The Balaban J connectivity index is 2.31. The number of aromatic carboxylic acids is 1. The van der Waals surface area contributed by atoms with Gasteiger partial charge in [0, 0.05) is 25.1 Å². The van der Waals surface area contributed by atoms with Gasteiger partial charge in [-0.1, -0.05) is 0 Å². The van der Waals surface area contributed by atoms with Gasteiger partial charge in [-0.05, 0) is 36.2 Å². The van der Waals surface area contributed by atoms with Gasteiger partial charge in [0.2, 0.25) is 0 Å². The monoisotopic (exact) mass is 216 g/mol. The highest BCUT2D eigenvalue weighted by Crippen LogP contribution is 2.10. The van der Waals surface area contributed by atoms with E-state index in [1.54, 1.807) is 23.0 Å². The molecule has 0 aliphatic heterocycles. The van der Waals surface area contributed by atoms with E-state index in [1.165, 1.54) is 0 Å². The summed E-state index contributed by atoms with van der Waals surface area (Å²) in [5.74, 6) is -0.901. The van der Waals surface area contributed by atoms with Crippen LogP contribution in [0.4, 0.5) is 0 Å². The summed E-state index contributed by atoms with van der Waals surface area (Å²) >= 11 is 0. The Kier molecular flexibility index (Phi) is 2.72. The zero-order valence-electron chi connectivity index (χ0n) is 8.92. The first-order chi connectivity index (χ1) is 7.66. The van der Waals surface area contributed by atoms with Crippen LogP contribution < -0.4 is 0 Å². The maximum Gasteiger partial charge on any atom is 0.352 e. The third-order valence-electron chi connectivity index (χ3n) is 2.35. The Morgan fingerprint density at radius 2 is 2.12 bits per heavy atom. The number of aryl methyl sites for hydroxylation is 1. The van der Waals surface area contributed by atoms with Crippen LogP contribution in [0.5, 0.6) is 0 Å². The molecule has 1 N–H and O–H groups in total. The van der Waals surface area contributed by atoms with E-state index in [4.69, 9.17) is 5.11 Å². The summed E-state index contributed by atoms with van der Waals surface area (Å²) < 4.78 is 1.73. The molecule has 2 rings (SSSR count). The average molecular weight is 216 g/mol. The van der Waals surface area contributed by atoms with Crippen LogP contribution >= 0.6 is 0 Å². The third-order valence-corrected chi connectivity index (χ3v) is 2.35. The fourth-order valence-electron chi connectivity index (χ4n) is 1.65. The van der Waals surface area contributed by atoms with E-state index in [-0.39, 0.29) is 0 Å². The van der Waals surface area contributed by atoms with Gasteiger partial charge in [-0.2, -0.15) is 0 Å². The van der Waals surface area contributed by atoms with Gasteiger partial charge < -0.3 is 9.67 Å². The quantitative estimate of drug-likeness (QED) is 0.853. The highest BCUT2D eigenvalue weighted by Gasteiger charge is 2.10. The zero-order chi connectivity index (χ0) is 11.5. The molecule has 4 heteroatoms. The van der Waals surface area contributed by atoms with E-state index in [1.807, 2.05) is 25.3 Å². The molecule has 0 aliphatic carbocycles. The molecule has 16 heavy (non-hydrogen) atoms. The Morgan fingerprint density at radius 1 is 1.44 bits per heavy atom. The van der Waals surface area contributed by atoms with Crippen molar-refractivity contribution in [2.24, 2.45) is 0 Å². The fraction of sp³-hybridized carbons (Fsp3) is 0.167. The lowest BCUT2D eigenvalue weighted by Gasteiger charge is -2.05. The van der Waals surface area contributed by atoms with Crippen LogP contribution in [0.1, 0.15) is 21.6 Å². The lowest BCUT2D eigenvalue weighted by atomic mass is 10.2. The van der Waals surface area contributed by atoms with Crippen molar-refractivity contribution >= 4 is 5.97 Å². The number of aromatic nitrogens is 2. The van der Waals surface area contributed by atoms with Crippen molar-refractivity contribution in [3.05, 3.63) is 53.6 Å². The molecule has 0 saturated heterocycles. The van der Waals surface area contributed by atoms with Crippen molar-refractivity contribution in [3.8, 4) is 0 Å². The SMILES string of the molecule is Cc1cc(C(=O)O)n(Cc2ccncc2)c1. The molecule has 0 atom stereocenters. The number of pyridine rings is 1. The van der Waals surface area contributed by atoms with Gasteiger partial charge in [0.25, 0.3) is 0 Å². The van der Waals surface area contributed by atoms with Crippen LogP contribution in [0.15, 0.2) is 36.8 Å². The summed E-state index contributed by atoms with van der Waals surface area (Å²) in [6.45, 7) is 2.44. The molecule has 0 bridgehead atoms. The van der Waals surface area contributed by atoms with Crippen LogP contribution in [0.3, 0.4) is 0 Å². The van der Waals surface area contributed by atoms with E-state index in [0.717, 1.165) is 11.1 Å². The smallest absolute Gasteiger partial charge is 0.352 e. The number of carbonyl (C=O) groups is 1. The number of hydrogen-bond acceptors (Lipinski definition) is 2. The molecule has 82 valence electrons. The third kappa shape index (κ3) is 2.11. The molecular formula is C12H12N2O2. The summed E-state index contributed by atoms with van der Waals surface area (Å²) in [5.41, 5.74) is 2.30. The van der Waals surface area contributed by atoms with Gasteiger partial charge in [-0.25, -0.2) is 4.79 Å². The van der Waals surface area contributed by atoms with Crippen molar-refractivity contribution in [1.29, 1.82) is 0 Å². The lowest BCUT2D eigenvalue weighted by molar-refractivity contribution is 0.0685. The average Bonchev–Trinajstić information content (AvgIpc) is 2.61. The number of nitrogens with zero attached hydrogens (tertiary/aromatic N) is 2. The van der Waals surface area contributed by atoms with Gasteiger partial charge in [-0.3, -0.25) is 4.98 Å². The van der Waals surface area contributed by atoms with Gasteiger partial charge >= 0.3 is 5.97 Å².